The molecule has 1 aliphatic carbocycles. The van der Waals surface area contributed by atoms with Gasteiger partial charge in [0, 0.05) is 12.6 Å². The van der Waals surface area contributed by atoms with E-state index in [0.717, 1.165) is 12.8 Å². The van der Waals surface area contributed by atoms with Crippen LogP contribution in [0.25, 0.3) is 0 Å². The van der Waals surface area contributed by atoms with E-state index in [0.29, 0.717) is 11.7 Å². The monoisotopic (exact) mass is 254 g/mol. The number of nitrogens with zero attached hydrogens (tertiary/aromatic N) is 2. The van der Waals surface area contributed by atoms with Gasteiger partial charge in [-0.3, -0.25) is 9.36 Å². The quantitative estimate of drug-likeness (QED) is 0.565. The van der Waals surface area contributed by atoms with Crippen molar-refractivity contribution in [2.24, 2.45) is 0 Å². The second kappa shape index (κ2) is 5.22. The van der Waals surface area contributed by atoms with Crippen LogP contribution in [0.2, 0.25) is 0 Å². The van der Waals surface area contributed by atoms with Crippen molar-refractivity contribution in [3.8, 4) is 0 Å². The lowest BCUT2D eigenvalue weighted by Gasteiger charge is -2.03. The molecule has 6 nitrogen and oxygen atoms in total. The Morgan fingerprint density at radius 1 is 1.71 bits per heavy atom. The van der Waals surface area contributed by atoms with Gasteiger partial charge in [0.2, 0.25) is 5.91 Å². The van der Waals surface area contributed by atoms with Crippen LogP contribution in [0, 0.1) is 0 Å². The van der Waals surface area contributed by atoms with Gasteiger partial charge in [0.15, 0.2) is 5.16 Å². The summed E-state index contributed by atoms with van der Waals surface area (Å²) in [6.07, 6.45) is 3.64. The first-order chi connectivity index (χ1) is 8.22. The molecule has 0 bridgehead atoms. The first-order valence-electron chi connectivity index (χ1n) is 5.39. The van der Waals surface area contributed by atoms with Crippen molar-refractivity contribution in [2.45, 2.75) is 24.0 Å². The second-order valence-electron chi connectivity index (χ2n) is 3.79. The Morgan fingerprint density at radius 2 is 2.47 bits per heavy atom. The summed E-state index contributed by atoms with van der Waals surface area (Å²) in [7, 11) is 0. The van der Waals surface area contributed by atoms with Crippen LogP contribution in [0.1, 0.15) is 18.9 Å². The Labute approximate surface area is 102 Å². The standard InChI is InChI=1S/C10H14N4O2S/c1-2-5-11-8(15)6-17-10-13-12-9(16)14(10)7-3-4-7/h2,7H,1,3-6H2,(H,11,15)(H,12,16). The van der Waals surface area contributed by atoms with Gasteiger partial charge in [0.25, 0.3) is 0 Å². The van der Waals surface area contributed by atoms with Crippen molar-refractivity contribution in [3.63, 3.8) is 0 Å². The molecule has 1 aromatic heterocycles. The van der Waals surface area contributed by atoms with Crippen molar-refractivity contribution >= 4 is 17.7 Å². The fourth-order valence-corrected chi connectivity index (χ4v) is 2.26. The molecule has 7 heteroatoms. The molecule has 0 unspecified atom stereocenters. The molecule has 92 valence electrons. The summed E-state index contributed by atoms with van der Waals surface area (Å²) in [5.41, 5.74) is -0.193. The highest BCUT2D eigenvalue weighted by molar-refractivity contribution is 7.99. The number of hydrogen-bond donors (Lipinski definition) is 2. The minimum atomic E-state index is -0.193. The largest absolute Gasteiger partial charge is 0.352 e. The van der Waals surface area contributed by atoms with Gasteiger partial charge in [-0.1, -0.05) is 17.8 Å². The van der Waals surface area contributed by atoms with Gasteiger partial charge in [0.1, 0.15) is 0 Å². The molecule has 2 rings (SSSR count). The molecule has 1 aliphatic rings. The number of hydrogen-bond acceptors (Lipinski definition) is 4. The lowest BCUT2D eigenvalue weighted by atomic mass is 10.6. The van der Waals surface area contributed by atoms with Gasteiger partial charge in [0.05, 0.1) is 5.75 Å². The molecule has 0 aliphatic heterocycles. The second-order valence-corrected chi connectivity index (χ2v) is 4.74. The summed E-state index contributed by atoms with van der Waals surface area (Å²) in [5.74, 6) is 0.165. The molecule has 1 aromatic rings. The molecule has 17 heavy (non-hydrogen) atoms. The topological polar surface area (TPSA) is 79.8 Å². The van der Waals surface area contributed by atoms with Crippen LogP contribution < -0.4 is 11.0 Å². The third-order valence-electron chi connectivity index (χ3n) is 2.36. The zero-order valence-corrected chi connectivity index (χ0v) is 10.1. The molecule has 0 atom stereocenters. The first kappa shape index (κ1) is 12.0. The fourth-order valence-electron chi connectivity index (χ4n) is 1.41. The SMILES string of the molecule is C=CCNC(=O)CSc1n[nH]c(=O)n1C1CC1. The van der Waals surface area contributed by atoms with Crippen LogP contribution >= 0.6 is 11.8 Å². The van der Waals surface area contributed by atoms with E-state index in [9.17, 15) is 9.59 Å². The summed E-state index contributed by atoms with van der Waals surface area (Å²) in [6.45, 7) is 3.97. The molecule has 1 fully saturated rings. The number of carbonyl (C=O) groups excluding carboxylic acids is 1. The van der Waals surface area contributed by atoms with E-state index in [1.807, 2.05) is 0 Å². The average Bonchev–Trinajstić information content (AvgIpc) is 3.08. The Hall–Kier alpha value is -1.50. The minimum absolute atomic E-state index is 0.0901. The summed E-state index contributed by atoms with van der Waals surface area (Å²) >= 11 is 1.27. The van der Waals surface area contributed by atoms with Gasteiger partial charge in [-0.15, -0.1) is 11.7 Å². The fraction of sp³-hybridized carbons (Fsp3) is 0.500. The van der Waals surface area contributed by atoms with Crippen LogP contribution in [-0.4, -0.2) is 33.0 Å². The average molecular weight is 254 g/mol. The predicted molar refractivity (Wildman–Crippen MR) is 65.0 cm³/mol. The van der Waals surface area contributed by atoms with E-state index >= 15 is 0 Å². The molecule has 0 radical (unpaired) electrons. The van der Waals surface area contributed by atoms with Crippen LogP contribution in [0.15, 0.2) is 22.6 Å². The molecular formula is C10H14N4O2S. The third-order valence-corrected chi connectivity index (χ3v) is 3.31. The Bertz CT molecular complexity index is 475. The lowest BCUT2D eigenvalue weighted by molar-refractivity contribution is -0.118. The van der Waals surface area contributed by atoms with E-state index in [-0.39, 0.29) is 23.4 Å². The number of aromatic nitrogens is 3. The maximum Gasteiger partial charge on any atom is 0.344 e. The predicted octanol–water partition coefficient (Wildman–Crippen LogP) is 0.301. The van der Waals surface area contributed by atoms with Gasteiger partial charge in [-0.2, -0.15) is 0 Å². The van der Waals surface area contributed by atoms with Gasteiger partial charge < -0.3 is 5.32 Å². The summed E-state index contributed by atoms with van der Waals surface area (Å²) in [4.78, 5) is 22.8. The van der Waals surface area contributed by atoms with E-state index in [1.165, 1.54) is 11.8 Å². The van der Waals surface area contributed by atoms with E-state index in [1.54, 1.807) is 10.6 Å². The zero-order valence-electron chi connectivity index (χ0n) is 9.31. The lowest BCUT2D eigenvalue weighted by Crippen LogP contribution is -2.25. The molecule has 0 saturated heterocycles. The minimum Gasteiger partial charge on any atom is -0.352 e. The number of rotatable bonds is 6. The number of nitrogens with one attached hydrogen (secondary N) is 2. The summed E-state index contributed by atoms with van der Waals surface area (Å²) in [5, 5.41) is 9.59. The zero-order chi connectivity index (χ0) is 12.3. The Kier molecular flexibility index (Phi) is 3.68. The summed E-state index contributed by atoms with van der Waals surface area (Å²) in [6, 6.07) is 0.264. The number of carbonyl (C=O) groups is 1. The van der Waals surface area contributed by atoms with E-state index in [4.69, 9.17) is 0 Å². The van der Waals surface area contributed by atoms with Crippen LogP contribution in [0.3, 0.4) is 0 Å². The van der Waals surface area contributed by atoms with Gasteiger partial charge >= 0.3 is 5.69 Å². The molecule has 1 heterocycles. The Balaban J connectivity index is 1.92. The van der Waals surface area contributed by atoms with Crippen LogP contribution in [-0.2, 0) is 4.79 Å². The van der Waals surface area contributed by atoms with Crippen LogP contribution in [0.5, 0.6) is 0 Å². The number of aromatic amines is 1. The maximum atomic E-state index is 11.5. The highest BCUT2D eigenvalue weighted by atomic mass is 32.2. The normalized spacial score (nSPS) is 14.6. The molecule has 0 aromatic carbocycles. The van der Waals surface area contributed by atoms with Crippen molar-refractivity contribution in [1.82, 2.24) is 20.1 Å². The molecular weight excluding hydrogens is 240 g/mol. The van der Waals surface area contributed by atoms with Crippen molar-refractivity contribution < 1.29 is 4.79 Å². The molecule has 1 amide bonds. The van der Waals surface area contributed by atoms with Crippen molar-refractivity contribution in [1.29, 1.82) is 0 Å². The van der Waals surface area contributed by atoms with Crippen LogP contribution in [0.4, 0.5) is 0 Å². The maximum absolute atomic E-state index is 11.5. The van der Waals surface area contributed by atoms with Gasteiger partial charge in [-0.05, 0) is 12.8 Å². The van der Waals surface area contributed by atoms with Crippen molar-refractivity contribution in [3.05, 3.63) is 23.1 Å². The number of thioether (sulfide) groups is 1. The number of amides is 1. The molecule has 2 N–H and O–H groups in total. The first-order valence-corrected chi connectivity index (χ1v) is 6.38. The Morgan fingerprint density at radius 3 is 3.12 bits per heavy atom. The smallest absolute Gasteiger partial charge is 0.344 e. The number of H-pyrrole nitrogens is 1. The van der Waals surface area contributed by atoms with Gasteiger partial charge in [-0.25, -0.2) is 9.89 Å². The summed E-state index contributed by atoms with van der Waals surface area (Å²) < 4.78 is 1.63. The van der Waals surface area contributed by atoms with E-state index < -0.39 is 0 Å². The highest BCUT2D eigenvalue weighted by Gasteiger charge is 2.28. The molecule has 1 saturated carbocycles. The van der Waals surface area contributed by atoms with Crippen molar-refractivity contribution in [2.75, 3.05) is 12.3 Å². The molecule has 0 spiro atoms. The highest BCUT2D eigenvalue weighted by Crippen LogP contribution is 2.35. The third kappa shape index (κ3) is 3.00. The van der Waals surface area contributed by atoms with E-state index in [2.05, 4.69) is 22.1 Å².